The van der Waals surface area contributed by atoms with Gasteiger partial charge in [0.1, 0.15) is 5.82 Å². The number of aromatic nitrogens is 4. The van der Waals surface area contributed by atoms with Crippen LogP contribution in [-0.2, 0) is 7.05 Å². The van der Waals surface area contributed by atoms with E-state index in [2.05, 4.69) is 45.5 Å². The first-order chi connectivity index (χ1) is 14.5. The molecular formula is C22H22ClN5O2. The van der Waals surface area contributed by atoms with Crippen LogP contribution in [0.5, 0.6) is 11.5 Å². The molecule has 7 nitrogen and oxygen atoms in total. The average molecular weight is 424 g/mol. The molecule has 1 atom stereocenters. The highest BCUT2D eigenvalue weighted by molar-refractivity contribution is 6.28. The van der Waals surface area contributed by atoms with Crippen LogP contribution in [0.15, 0.2) is 48.7 Å². The van der Waals surface area contributed by atoms with Crippen molar-refractivity contribution < 1.29 is 9.47 Å². The zero-order chi connectivity index (χ0) is 21.3. The maximum Gasteiger partial charge on any atom is 0.224 e. The molecular weight excluding hydrogens is 402 g/mol. The van der Waals surface area contributed by atoms with Gasteiger partial charge in [-0.15, -0.1) is 0 Å². The zero-order valence-corrected chi connectivity index (χ0v) is 17.9. The number of nitrogens with zero attached hydrogens (tertiary/aromatic N) is 4. The normalized spacial score (nSPS) is 12.0. The van der Waals surface area contributed by atoms with Crippen molar-refractivity contribution in [3.05, 3.63) is 59.5 Å². The molecule has 0 spiro atoms. The summed E-state index contributed by atoms with van der Waals surface area (Å²) in [7, 11) is 5.11. The van der Waals surface area contributed by atoms with Crippen LogP contribution in [0.4, 0.5) is 5.82 Å². The van der Waals surface area contributed by atoms with Crippen molar-refractivity contribution in [3.63, 3.8) is 0 Å². The third-order valence-corrected chi connectivity index (χ3v) is 5.20. The van der Waals surface area contributed by atoms with Crippen molar-refractivity contribution in [2.45, 2.75) is 13.0 Å². The van der Waals surface area contributed by atoms with E-state index in [1.807, 2.05) is 29.9 Å². The number of anilines is 1. The van der Waals surface area contributed by atoms with Gasteiger partial charge in [-0.05, 0) is 42.3 Å². The quantitative estimate of drug-likeness (QED) is 0.446. The largest absolute Gasteiger partial charge is 0.493 e. The fourth-order valence-electron chi connectivity index (χ4n) is 3.45. The molecule has 0 aliphatic heterocycles. The fraction of sp³-hybridized carbons (Fsp3) is 0.227. The van der Waals surface area contributed by atoms with Gasteiger partial charge in [-0.1, -0.05) is 18.2 Å². The number of ether oxygens (including phenoxy) is 2. The number of fused-ring (bicyclic) bond motifs is 1. The predicted molar refractivity (Wildman–Crippen MR) is 118 cm³/mol. The minimum absolute atomic E-state index is 0.0274. The maximum atomic E-state index is 6.19. The molecule has 0 fully saturated rings. The molecule has 0 saturated heterocycles. The van der Waals surface area contributed by atoms with Crippen molar-refractivity contribution in [2.24, 2.45) is 7.05 Å². The summed E-state index contributed by atoms with van der Waals surface area (Å²) in [5, 5.41) is 8.68. The average Bonchev–Trinajstić information content (AvgIpc) is 3.18. The van der Waals surface area contributed by atoms with Gasteiger partial charge in [0.05, 0.1) is 25.4 Å². The summed E-state index contributed by atoms with van der Waals surface area (Å²) in [5.41, 5.74) is 3.93. The van der Waals surface area contributed by atoms with Crippen LogP contribution in [0.2, 0.25) is 5.28 Å². The smallest absolute Gasteiger partial charge is 0.224 e. The number of benzene rings is 2. The molecule has 0 radical (unpaired) electrons. The van der Waals surface area contributed by atoms with Crippen molar-refractivity contribution >= 4 is 28.3 Å². The second-order valence-electron chi connectivity index (χ2n) is 6.90. The SMILES string of the molecule is COc1cc2nc(Cl)nc(N[C@H](C)c3cccc(-c4ccnn4C)c3)c2cc1OC. The van der Waals surface area contributed by atoms with E-state index in [9.17, 15) is 0 Å². The van der Waals surface area contributed by atoms with E-state index in [1.54, 1.807) is 26.5 Å². The number of hydrogen-bond acceptors (Lipinski definition) is 6. The van der Waals surface area contributed by atoms with E-state index in [0.717, 1.165) is 22.2 Å². The monoisotopic (exact) mass is 423 g/mol. The number of hydrogen-bond donors (Lipinski definition) is 1. The Kier molecular flexibility index (Phi) is 5.46. The highest BCUT2D eigenvalue weighted by atomic mass is 35.5. The number of halogens is 1. The molecule has 0 unspecified atom stereocenters. The van der Waals surface area contributed by atoms with Crippen LogP contribution < -0.4 is 14.8 Å². The van der Waals surface area contributed by atoms with E-state index < -0.39 is 0 Å². The van der Waals surface area contributed by atoms with Crippen LogP contribution in [-0.4, -0.2) is 34.0 Å². The number of nitrogens with one attached hydrogen (secondary N) is 1. The first-order valence-electron chi connectivity index (χ1n) is 9.44. The van der Waals surface area contributed by atoms with Gasteiger partial charge in [-0.2, -0.15) is 5.10 Å². The van der Waals surface area contributed by atoms with Crippen molar-refractivity contribution in [1.29, 1.82) is 0 Å². The molecule has 154 valence electrons. The topological polar surface area (TPSA) is 74.1 Å². The van der Waals surface area contributed by atoms with Gasteiger partial charge < -0.3 is 14.8 Å². The minimum Gasteiger partial charge on any atom is -0.493 e. The van der Waals surface area contributed by atoms with E-state index >= 15 is 0 Å². The molecule has 0 amide bonds. The first-order valence-corrected chi connectivity index (χ1v) is 9.82. The lowest BCUT2D eigenvalue weighted by Gasteiger charge is -2.18. The molecule has 30 heavy (non-hydrogen) atoms. The van der Waals surface area contributed by atoms with Crippen molar-refractivity contribution in [2.75, 3.05) is 19.5 Å². The van der Waals surface area contributed by atoms with E-state index in [1.165, 1.54) is 0 Å². The third-order valence-electron chi connectivity index (χ3n) is 5.03. The summed E-state index contributed by atoms with van der Waals surface area (Å²) in [4.78, 5) is 8.74. The highest BCUT2D eigenvalue weighted by Gasteiger charge is 2.15. The standard InChI is InChI=1S/C22H22ClN5O2/c1-13(14-6-5-7-15(10-14)18-8-9-24-28(18)2)25-21-16-11-19(29-3)20(30-4)12-17(16)26-22(23)27-21/h5-13H,1-4H3,(H,25,26,27)/t13-/m1/s1. The Bertz CT molecular complexity index is 1210. The second kappa shape index (κ2) is 8.20. The summed E-state index contributed by atoms with van der Waals surface area (Å²) in [6.07, 6.45) is 1.79. The molecule has 1 N–H and O–H groups in total. The van der Waals surface area contributed by atoms with Crippen LogP contribution in [0.3, 0.4) is 0 Å². The van der Waals surface area contributed by atoms with Crippen LogP contribution in [0.1, 0.15) is 18.5 Å². The molecule has 0 aliphatic carbocycles. The van der Waals surface area contributed by atoms with Gasteiger partial charge in [0.25, 0.3) is 0 Å². The van der Waals surface area contributed by atoms with Crippen LogP contribution in [0, 0.1) is 0 Å². The summed E-state index contributed by atoms with van der Waals surface area (Å²) in [6.45, 7) is 2.07. The Morgan fingerprint density at radius 2 is 1.80 bits per heavy atom. The summed E-state index contributed by atoms with van der Waals surface area (Å²) in [5.74, 6) is 1.82. The molecule has 4 rings (SSSR count). The highest BCUT2D eigenvalue weighted by Crippen LogP contribution is 2.35. The van der Waals surface area contributed by atoms with Gasteiger partial charge in [0.15, 0.2) is 11.5 Å². The van der Waals surface area contributed by atoms with Gasteiger partial charge >= 0.3 is 0 Å². The van der Waals surface area contributed by atoms with Gasteiger partial charge in [-0.3, -0.25) is 4.68 Å². The Morgan fingerprint density at radius 1 is 1.03 bits per heavy atom. The lowest BCUT2D eigenvalue weighted by Crippen LogP contribution is -2.09. The second-order valence-corrected chi connectivity index (χ2v) is 7.24. The molecule has 0 aliphatic rings. The number of aryl methyl sites for hydroxylation is 1. The summed E-state index contributed by atoms with van der Waals surface area (Å²) in [6, 6.07) is 13.9. The Balaban J connectivity index is 1.71. The van der Waals surface area contributed by atoms with Gasteiger partial charge in [0, 0.05) is 36.3 Å². The van der Waals surface area contributed by atoms with Crippen LogP contribution in [0.25, 0.3) is 22.2 Å². The number of rotatable bonds is 6. The van der Waals surface area contributed by atoms with E-state index in [4.69, 9.17) is 21.1 Å². The van der Waals surface area contributed by atoms with Gasteiger partial charge in [-0.25, -0.2) is 9.97 Å². The predicted octanol–water partition coefficient (Wildman–Crippen LogP) is 4.87. The van der Waals surface area contributed by atoms with E-state index in [0.29, 0.717) is 22.8 Å². The molecule has 4 aromatic rings. The Morgan fingerprint density at radius 3 is 2.50 bits per heavy atom. The van der Waals surface area contributed by atoms with Crippen molar-refractivity contribution in [1.82, 2.24) is 19.7 Å². The number of methoxy groups -OCH3 is 2. The molecule has 8 heteroatoms. The van der Waals surface area contributed by atoms with Crippen LogP contribution >= 0.6 is 11.6 Å². The summed E-state index contributed by atoms with van der Waals surface area (Å²) >= 11 is 6.19. The molecule has 0 bridgehead atoms. The molecule has 2 heterocycles. The fourth-order valence-corrected chi connectivity index (χ4v) is 3.63. The molecule has 2 aromatic heterocycles. The molecule has 0 saturated carbocycles. The first kappa shape index (κ1) is 20.0. The Hall–Kier alpha value is -3.32. The lowest BCUT2D eigenvalue weighted by molar-refractivity contribution is 0.356. The lowest BCUT2D eigenvalue weighted by atomic mass is 10.0. The van der Waals surface area contributed by atoms with E-state index in [-0.39, 0.29) is 11.3 Å². The zero-order valence-electron chi connectivity index (χ0n) is 17.2. The Labute approximate surface area is 179 Å². The third kappa shape index (κ3) is 3.76. The maximum absolute atomic E-state index is 6.19. The van der Waals surface area contributed by atoms with Crippen molar-refractivity contribution in [3.8, 4) is 22.8 Å². The molecule has 2 aromatic carbocycles. The minimum atomic E-state index is -0.0274. The summed E-state index contributed by atoms with van der Waals surface area (Å²) < 4.78 is 12.7. The van der Waals surface area contributed by atoms with Gasteiger partial charge in [0.2, 0.25) is 5.28 Å².